The van der Waals surface area contributed by atoms with Gasteiger partial charge in [0.2, 0.25) is 11.0 Å². The molecule has 1 aromatic heterocycles. The molecule has 2 rings (SSSR count). The van der Waals surface area contributed by atoms with E-state index in [1.54, 1.807) is 0 Å². The first-order chi connectivity index (χ1) is 22.5. The van der Waals surface area contributed by atoms with Crippen molar-refractivity contribution in [2.75, 3.05) is 11.9 Å². The summed E-state index contributed by atoms with van der Waals surface area (Å²) in [6.45, 7) is 6.61. The molecule has 0 unspecified atom stereocenters. The number of ether oxygens (including phenoxy) is 5. The zero-order valence-electron chi connectivity index (χ0n) is 28.3. The van der Waals surface area contributed by atoms with Gasteiger partial charge in [0.1, 0.15) is 12.7 Å². The normalized spacial score (nSPS) is 20.7. The van der Waals surface area contributed by atoms with Gasteiger partial charge in [-0.05, 0) is 6.42 Å². The van der Waals surface area contributed by atoms with Crippen LogP contribution in [0.3, 0.4) is 0 Å². The van der Waals surface area contributed by atoms with Crippen LogP contribution in [0.1, 0.15) is 125 Å². The minimum atomic E-state index is -1.28. The second-order valence-corrected chi connectivity index (χ2v) is 13.9. The molecular weight excluding hydrogens is 650 g/mol. The van der Waals surface area contributed by atoms with Crippen molar-refractivity contribution >= 4 is 58.0 Å². The highest BCUT2D eigenvalue weighted by Gasteiger charge is 2.52. The monoisotopic (exact) mass is 701 g/mol. The molecule has 2 heterocycles. The molecule has 0 spiro atoms. The third-order valence-electron chi connectivity index (χ3n) is 7.33. The lowest BCUT2D eigenvalue weighted by atomic mass is 9.99. The van der Waals surface area contributed by atoms with Crippen LogP contribution in [0.2, 0.25) is 0 Å². The fourth-order valence-electron chi connectivity index (χ4n) is 5.18. The second-order valence-electron chi connectivity index (χ2n) is 11.6. The van der Waals surface area contributed by atoms with E-state index in [1.807, 2.05) is 0 Å². The molecule has 5 atom stereocenters. The molecule has 1 aromatic rings. The van der Waals surface area contributed by atoms with Crippen molar-refractivity contribution < 1.29 is 47.7 Å². The second kappa shape index (κ2) is 22.7. The summed E-state index contributed by atoms with van der Waals surface area (Å²) in [4.78, 5) is 60.1. The van der Waals surface area contributed by atoms with Crippen LogP contribution in [-0.4, -0.2) is 76.4 Å². The molecule has 47 heavy (non-hydrogen) atoms. The van der Waals surface area contributed by atoms with Crippen LogP contribution in [-0.2, 0) is 47.7 Å². The molecule has 1 saturated heterocycles. The van der Waals surface area contributed by atoms with Crippen molar-refractivity contribution in [1.29, 1.82) is 0 Å². The molecular formula is C32H51N3O10S2. The van der Waals surface area contributed by atoms with Gasteiger partial charge in [-0.1, -0.05) is 107 Å². The molecule has 1 aliphatic rings. The van der Waals surface area contributed by atoms with E-state index in [4.69, 9.17) is 23.7 Å². The van der Waals surface area contributed by atoms with E-state index in [0.29, 0.717) is 10.8 Å². The molecule has 266 valence electrons. The lowest BCUT2D eigenvalue weighted by molar-refractivity contribution is -0.237. The van der Waals surface area contributed by atoms with Crippen LogP contribution < -0.4 is 5.32 Å². The van der Waals surface area contributed by atoms with Crippen molar-refractivity contribution in [3.63, 3.8) is 0 Å². The van der Waals surface area contributed by atoms with Gasteiger partial charge >= 0.3 is 23.9 Å². The van der Waals surface area contributed by atoms with Gasteiger partial charge in [-0.2, -0.15) is 0 Å². The number of carbonyl (C=O) groups is 5. The number of hydrogen-bond acceptors (Lipinski definition) is 14. The number of thioether (sulfide) groups is 1. The van der Waals surface area contributed by atoms with Crippen molar-refractivity contribution in [3.8, 4) is 0 Å². The predicted molar refractivity (Wildman–Crippen MR) is 177 cm³/mol. The number of amides is 1. The maximum atomic E-state index is 12.5. The molecule has 1 aliphatic heterocycles. The van der Waals surface area contributed by atoms with E-state index in [1.165, 1.54) is 78.1 Å². The molecule has 1 amide bonds. The summed E-state index contributed by atoms with van der Waals surface area (Å²) in [7, 11) is 0. The third kappa shape index (κ3) is 16.7. The molecule has 15 heteroatoms. The van der Waals surface area contributed by atoms with Crippen molar-refractivity contribution in [2.24, 2.45) is 0 Å². The van der Waals surface area contributed by atoms with Crippen LogP contribution in [0.15, 0.2) is 4.34 Å². The fraction of sp³-hybridized carbons (Fsp3) is 0.781. The Morgan fingerprint density at radius 1 is 0.702 bits per heavy atom. The summed E-state index contributed by atoms with van der Waals surface area (Å²) >= 11 is 2.11. The largest absolute Gasteiger partial charge is 0.463 e. The minimum absolute atomic E-state index is 0.159. The van der Waals surface area contributed by atoms with E-state index in [-0.39, 0.29) is 17.6 Å². The number of aromatic nitrogens is 2. The lowest BCUT2D eigenvalue weighted by Crippen LogP contribution is -2.61. The molecule has 0 radical (unpaired) electrons. The zero-order chi connectivity index (χ0) is 34.6. The molecule has 0 aromatic carbocycles. The van der Waals surface area contributed by atoms with Crippen LogP contribution >= 0.6 is 23.1 Å². The number of nitrogens with zero attached hydrogens (tertiary/aromatic N) is 2. The summed E-state index contributed by atoms with van der Waals surface area (Å²) in [6, 6.07) is 0. The Balaban J connectivity index is 1.90. The Kier molecular flexibility index (Phi) is 19.5. The maximum absolute atomic E-state index is 12.5. The van der Waals surface area contributed by atoms with E-state index in [0.717, 1.165) is 56.2 Å². The average Bonchev–Trinajstić information content (AvgIpc) is 3.43. The number of esters is 4. The maximum Gasteiger partial charge on any atom is 0.303 e. The molecule has 0 aliphatic carbocycles. The standard InChI is InChI=1S/C32H51N3O10S2/c1-6-7-8-9-10-11-12-13-14-15-16-17-18-19-26(40)33-31-34-35-32(47-31)46-30-29(44-24(5)39)28(43-23(4)38)27(42-22(3)37)25(45-30)20-41-21(2)36/h25,27-30H,6-20H2,1-5H3,(H,33,34,40)/t25-,27+,28+,29-,30+/m1/s1. The smallest absolute Gasteiger partial charge is 0.303 e. The topological polar surface area (TPSA) is 169 Å². The molecule has 1 fully saturated rings. The lowest BCUT2D eigenvalue weighted by Gasteiger charge is -2.43. The van der Waals surface area contributed by atoms with E-state index in [2.05, 4.69) is 22.4 Å². The van der Waals surface area contributed by atoms with Crippen LogP contribution in [0.25, 0.3) is 0 Å². The minimum Gasteiger partial charge on any atom is -0.463 e. The van der Waals surface area contributed by atoms with Crippen LogP contribution in [0.4, 0.5) is 5.13 Å². The first kappa shape index (κ1) is 40.4. The highest BCUT2D eigenvalue weighted by molar-refractivity contribution is 8.01. The fourth-order valence-corrected chi connectivity index (χ4v) is 7.21. The van der Waals surface area contributed by atoms with Crippen molar-refractivity contribution in [2.45, 2.75) is 159 Å². The number of rotatable bonds is 22. The Morgan fingerprint density at radius 2 is 1.21 bits per heavy atom. The zero-order valence-corrected chi connectivity index (χ0v) is 29.9. The van der Waals surface area contributed by atoms with Gasteiger partial charge in [-0.15, -0.1) is 10.2 Å². The summed E-state index contributed by atoms with van der Waals surface area (Å²) in [5.41, 5.74) is -1.03. The van der Waals surface area contributed by atoms with Gasteiger partial charge in [0.05, 0.1) is 0 Å². The summed E-state index contributed by atoms with van der Waals surface area (Å²) < 4.78 is 27.9. The average molecular weight is 702 g/mol. The highest BCUT2D eigenvalue weighted by atomic mass is 32.2. The molecule has 0 bridgehead atoms. The highest BCUT2D eigenvalue weighted by Crippen LogP contribution is 2.39. The van der Waals surface area contributed by atoms with Crippen LogP contribution in [0, 0.1) is 0 Å². The number of hydrogen-bond donors (Lipinski definition) is 1. The molecule has 1 N–H and O–H groups in total. The number of carbonyl (C=O) groups excluding carboxylic acids is 5. The van der Waals surface area contributed by atoms with Gasteiger partial charge in [0.15, 0.2) is 28.1 Å². The van der Waals surface area contributed by atoms with E-state index >= 15 is 0 Å². The van der Waals surface area contributed by atoms with Gasteiger partial charge < -0.3 is 29.0 Å². The van der Waals surface area contributed by atoms with Crippen LogP contribution in [0.5, 0.6) is 0 Å². The number of anilines is 1. The van der Waals surface area contributed by atoms with Crippen molar-refractivity contribution in [1.82, 2.24) is 10.2 Å². The Morgan fingerprint density at radius 3 is 1.74 bits per heavy atom. The summed E-state index contributed by atoms with van der Waals surface area (Å²) in [5, 5.41) is 11.2. The molecule has 13 nitrogen and oxygen atoms in total. The third-order valence-corrected chi connectivity index (χ3v) is 9.39. The number of unbranched alkanes of at least 4 members (excludes halogenated alkanes) is 12. The first-order valence-corrected chi connectivity index (χ1v) is 18.3. The Bertz CT molecular complexity index is 1130. The van der Waals surface area contributed by atoms with E-state index < -0.39 is 53.7 Å². The number of nitrogens with one attached hydrogen (secondary N) is 1. The quantitative estimate of drug-likeness (QED) is 0.0634. The van der Waals surface area contributed by atoms with Gasteiger partial charge in [0, 0.05) is 34.1 Å². The van der Waals surface area contributed by atoms with E-state index in [9.17, 15) is 24.0 Å². The van der Waals surface area contributed by atoms with Gasteiger partial charge in [0.25, 0.3) is 0 Å². The Hall–Kier alpha value is -2.78. The summed E-state index contributed by atoms with van der Waals surface area (Å²) in [6.07, 6.45) is 11.5. The molecule has 0 saturated carbocycles. The van der Waals surface area contributed by atoms with Gasteiger partial charge in [-0.25, -0.2) is 0 Å². The SMILES string of the molecule is CCCCCCCCCCCCCCCC(=O)Nc1nnc(S[C@@H]2O[C@H](COC(C)=O)[C@H](OC(C)=O)[C@H](OC(C)=O)[C@H]2OC(C)=O)s1. The summed E-state index contributed by atoms with van der Waals surface area (Å²) in [5.74, 6) is -2.88. The van der Waals surface area contributed by atoms with Gasteiger partial charge in [-0.3, -0.25) is 24.0 Å². The van der Waals surface area contributed by atoms with Crippen molar-refractivity contribution in [3.05, 3.63) is 0 Å². The first-order valence-electron chi connectivity index (χ1n) is 16.6. The predicted octanol–water partition coefficient (Wildman–Crippen LogP) is 6.13. The Labute approximate surface area is 285 Å².